The van der Waals surface area contributed by atoms with Gasteiger partial charge in [0.1, 0.15) is 5.75 Å². The van der Waals surface area contributed by atoms with E-state index in [4.69, 9.17) is 4.74 Å². The highest BCUT2D eigenvalue weighted by Crippen LogP contribution is 2.19. The number of phenols is 1. The molecule has 1 saturated heterocycles. The van der Waals surface area contributed by atoms with Crippen LogP contribution in [0.2, 0.25) is 0 Å². The molecule has 1 heterocycles. The number of benzene rings is 1. The summed E-state index contributed by atoms with van der Waals surface area (Å²) in [5, 5.41) is 12.9. The summed E-state index contributed by atoms with van der Waals surface area (Å²) in [5.74, 6) is 0.330. The van der Waals surface area contributed by atoms with E-state index in [9.17, 15) is 5.11 Å². The first-order valence-corrected chi connectivity index (χ1v) is 7.62. The van der Waals surface area contributed by atoms with Crippen LogP contribution in [0.15, 0.2) is 24.3 Å². The summed E-state index contributed by atoms with van der Waals surface area (Å²) in [6, 6.07) is 7.89. The highest BCUT2D eigenvalue weighted by molar-refractivity contribution is 5.27. The van der Waals surface area contributed by atoms with Gasteiger partial charge in [-0.1, -0.05) is 19.1 Å². The third kappa shape index (κ3) is 4.78. The fraction of sp³-hybridized carbons (Fsp3) is 0.625. The average Bonchev–Trinajstić information content (AvgIpc) is 2.50. The van der Waals surface area contributed by atoms with Crippen molar-refractivity contribution >= 4 is 0 Å². The number of morpholine rings is 1. The van der Waals surface area contributed by atoms with Crippen molar-refractivity contribution in [3.63, 3.8) is 0 Å². The van der Waals surface area contributed by atoms with Crippen LogP contribution in [0.1, 0.15) is 31.4 Å². The summed E-state index contributed by atoms with van der Waals surface area (Å²) in [6.07, 6.45) is 2.22. The Kier molecular flexibility index (Phi) is 6.30. The Morgan fingerprint density at radius 3 is 2.60 bits per heavy atom. The third-order valence-corrected chi connectivity index (χ3v) is 3.85. The predicted molar refractivity (Wildman–Crippen MR) is 81.0 cm³/mol. The van der Waals surface area contributed by atoms with E-state index in [1.54, 1.807) is 12.1 Å². The van der Waals surface area contributed by atoms with E-state index in [0.29, 0.717) is 11.8 Å². The minimum Gasteiger partial charge on any atom is -0.508 e. The number of nitrogens with one attached hydrogen (secondary N) is 1. The lowest BCUT2D eigenvalue weighted by Crippen LogP contribution is -2.37. The quantitative estimate of drug-likeness (QED) is 0.750. The van der Waals surface area contributed by atoms with Gasteiger partial charge in [0, 0.05) is 19.1 Å². The van der Waals surface area contributed by atoms with Crippen LogP contribution in [-0.2, 0) is 4.74 Å². The van der Waals surface area contributed by atoms with Gasteiger partial charge in [-0.2, -0.15) is 0 Å². The van der Waals surface area contributed by atoms with Crippen LogP contribution in [0.5, 0.6) is 5.75 Å². The molecule has 1 aliphatic rings. The van der Waals surface area contributed by atoms with Crippen molar-refractivity contribution < 1.29 is 9.84 Å². The highest BCUT2D eigenvalue weighted by atomic mass is 16.5. The average molecular weight is 278 g/mol. The molecule has 1 aromatic rings. The first kappa shape index (κ1) is 15.3. The van der Waals surface area contributed by atoms with Gasteiger partial charge in [-0.15, -0.1) is 0 Å². The van der Waals surface area contributed by atoms with Crippen LogP contribution in [0.25, 0.3) is 0 Å². The van der Waals surface area contributed by atoms with Crippen molar-refractivity contribution in [3.05, 3.63) is 29.8 Å². The van der Waals surface area contributed by atoms with Gasteiger partial charge in [-0.05, 0) is 43.6 Å². The molecule has 0 aromatic heterocycles. The van der Waals surface area contributed by atoms with Gasteiger partial charge in [-0.3, -0.25) is 4.90 Å². The second-order valence-electron chi connectivity index (χ2n) is 5.31. The molecule has 4 nitrogen and oxygen atoms in total. The van der Waals surface area contributed by atoms with Crippen molar-refractivity contribution in [2.75, 3.05) is 39.4 Å². The van der Waals surface area contributed by atoms with Crippen molar-refractivity contribution in [1.29, 1.82) is 0 Å². The largest absolute Gasteiger partial charge is 0.508 e. The molecule has 0 radical (unpaired) electrons. The molecule has 0 amide bonds. The Morgan fingerprint density at radius 2 is 1.95 bits per heavy atom. The van der Waals surface area contributed by atoms with Crippen molar-refractivity contribution in [1.82, 2.24) is 10.2 Å². The van der Waals surface area contributed by atoms with E-state index in [2.05, 4.69) is 17.1 Å². The molecule has 1 atom stereocenters. The summed E-state index contributed by atoms with van der Waals surface area (Å²) in [4.78, 5) is 2.46. The monoisotopic (exact) mass is 278 g/mol. The normalized spacial score (nSPS) is 18.1. The smallest absolute Gasteiger partial charge is 0.115 e. The second kappa shape index (κ2) is 8.25. The van der Waals surface area contributed by atoms with Gasteiger partial charge >= 0.3 is 0 Å². The molecule has 0 aliphatic carbocycles. The molecule has 1 fully saturated rings. The van der Waals surface area contributed by atoms with E-state index < -0.39 is 0 Å². The first-order valence-electron chi connectivity index (χ1n) is 7.62. The summed E-state index contributed by atoms with van der Waals surface area (Å²) in [5.41, 5.74) is 1.25. The van der Waals surface area contributed by atoms with Gasteiger partial charge in [-0.25, -0.2) is 0 Å². The topological polar surface area (TPSA) is 44.7 Å². The Hall–Kier alpha value is -1.10. The molecular formula is C16H26N2O2. The zero-order chi connectivity index (χ0) is 14.2. The lowest BCUT2D eigenvalue weighted by molar-refractivity contribution is 0.0374. The lowest BCUT2D eigenvalue weighted by Gasteiger charge is -2.27. The maximum atomic E-state index is 9.33. The Bertz CT molecular complexity index is 375. The minimum absolute atomic E-state index is 0.330. The zero-order valence-corrected chi connectivity index (χ0v) is 12.3. The Morgan fingerprint density at radius 1 is 1.25 bits per heavy atom. The molecule has 1 unspecified atom stereocenters. The van der Waals surface area contributed by atoms with E-state index in [1.165, 1.54) is 5.56 Å². The highest BCUT2D eigenvalue weighted by Gasteiger charge is 2.11. The van der Waals surface area contributed by atoms with Gasteiger partial charge in [0.05, 0.1) is 13.2 Å². The third-order valence-electron chi connectivity index (χ3n) is 3.85. The van der Waals surface area contributed by atoms with E-state index >= 15 is 0 Å². The molecule has 20 heavy (non-hydrogen) atoms. The number of ether oxygens (including phenoxy) is 1. The molecule has 4 heteroatoms. The molecule has 0 bridgehead atoms. The maximum absolute atomic E-state index is 9.33. The summed E-state index contributed by atoms with van der Waals surface area (Å²) in [6.45, 7) is 8.23. The number of hydrogen-bond acceptors (Lipinski definition) is 4. The Labute approximate surface area is 121 Å². The number of phenolic OH excluding ortho intramolecular Hbond substituents is 1. The molecule has 0 spiro atoms. The van der Waals surface area contributed by atoms with Crippen LogP contribution in [0.3, 0.4) is 0 Å². The van der Waals surface area contributed by atoms with Crippen LogP contribution >= 0.6 is 0 Å². The fourth-order valence-electron chi connectivity index (χ4n) is 2.61. The molecule has 1 aromatic carbocycles. The van der Waals surface area contributed by atoms with Crippen LogP contribution in [0, 0.1) is 0 Å². The second-order valence-corrected chi connectivity index (χ2v) is 5.31. The molecule has 0 saturated carbocycles. The predicted octanol–water partition coefficient (Wildman–Crippen LogP) is 2.16. The van der Waals surface area contributed by atoms with Gasteiger partial charge in [0.25, 0.3) is 0 Å². The SMILES string of the molecule is CCC(NCCCN1CCOCC1)c1ccc(O)cc1. The van der Waals surface area contributed by atoms with Gasteiger partial charge in [0.2, 0.25) is 0 Å². The number of hydrogen-bond donors (Lipinski definition) is 2. The summed E-state index contributed by atoms with van der Waals surface area (Å²) < 4.78 is 5.35. The first-order chi connectivity index (χ1) is 9.79. The van der Waals surface area contributed by atoms with E-state index in [1.807, 2.05) is 12.1 Å². The van der Waals surface area contributed by atoms with Crippen LogP contribution < -0.4 is 5.32 Å². The van der Waals surface area contributed by atoms with Crippen molar-refractivity contribution in [2.45, 2.75) is 25.8 Å². The van der Waals surface area contributed by atoms with Gasteiger partial charge in [0.15, 0.2) is 0 Å². The van der Waals surface area contributed by atoms with Crippen LogP contribution in [0.4, 0.5) is 0 Å². The molecule has 1 aliphatic heterocycles. The van der Waals surface area contributed by atoms with Crippen molar-refractivity contribution in [3.8, 4) is 5.75 Å². The summed E-state index contributed by atoms with van der Waals surface area (Å²) >= 11 is 0. The standard InChI is InChI=1S/C16H26N2O2/c1-2-16(14-4-6-15(19)7-5-14)17-8-3-9-18-10-12-20-13-11-18/h4-7,16-17,19H,2-3,8-13H2,1H3. The number of nitrogens with zero attached hydrogens (tertiary/aromatic N) is 1. The van der Waals surface area contributed by atoms with Crippen LogP contribution in [-0.4, -0.2) is 49.4 Å². The van der Waals surface area contributed by atoms with E-state index in [-0.39, 0.29) is 0 Å². The lowest BCUT2D eigenvalue weighted by atomic mass is 10.0. The number of aromatic hydroxyl groups is 1. The van der Waals surface area contributed by atoms with Gasteiger partial charge < -0.3 is 15.2 Å². The van der Waals surface area contributed by atoms with E-state index in [0.717, 1.165) is 52.2 Å². The molecular weight excluding hydrogens is 252 g/mol. The molecule has 2 N–H and O–H groups in total. The summed E-state index contributed by atoms with van der Waals surface area (Å²) in [7, 11) is 0. The van der Waals surface area contributed by atoms with Crippen molar-refractivity contribution in [2.24, 2.45) is 0 Å². The zero-order valence-electron chi connectivity index (χ0n) is 12.3. The number of rotatable bonds is 7. The minimum atomic E-state index is 0.330. The maximum Gasteiger partial charge on any atom is 0.115 e. The Balaban J connectivity index is 1.69. The molecule has 2 rings (SSSR count). The fourth-order valence-corrected chi connectivity index (χ4v) is 2.61. The molecule has 112 valence electrons.